The standard InChI is InChI=1S/C16H16ClN3O2/c1-11-9-13(17)6-7-15(11)22-10-16(21)20-19-12(2)14-5-3-4-8-18-14/h3-9H,10H2,1-2H3,(H,20,21)/b19-12-. The summed E-state index contributed by atoms with van der Waals surface area (Å²) in [6.45, 7) is 3.51. The van der Waals surface area contributed by atoms with Crippen LogP contribution >= 0.6 is 11.6 Å². The summed E-state index contributed by atoms with van der Waals surface area (Å²) < 4.78 is 5.44. The van der Waals surface area contributed by atoms with E-state index >= 15 is 0 Å². The fraction of sp³-hybridized carbons (Fsp3) is 0.188. The molecule has 1 heterocycles. The van der Waals surface area contributed by atoms with Gasteiger partial charge in [0.1, 0.15) is 5.75 Å². The first-order chi connectivity index (χ1) is 10.6. The van der Waals surface area contributed by atoms with E-state index in [2.05, 4.69) is 15.5 Å². The van der Waals surface area contributed by atoms with Gasteiger partial charge in [-0.2, -0.15) is 5.10 Å². The lowest BCUT2D eigenvalue weighted by Crippen LogP contribution is -2.25. The highest BCUT2D eigenvalue weighted by atomic mass is 35.5. The second-order valence-electron chi connectivity index (χ2n) is 4.65. The zero-order valence-corrected chi connectivity index (χ0v) is 13.1. The van der Waals surface area contributed by atoms with Crippen LogP contribution in [0.2, 0.25) is 5.02 Å². The third kappa shape index (κ3) is 4.56. The van der Waals surface area contributed by atoms with Gasteiger partial charge in [0.05, 0.1) is 11.4 Å². The monoisotopic (exact) mass is 317 g/mol. The minimum atomic E-state index is -0.343. The molecule has 114 valence electrons. The maximum Gasteiger partial charge on any atom is 0.277 e. The third-order valence-corrected chi connectivity index (χ3v) is 3.11. The molecule has 0 saturated carbocycles. The highest BCUT2D eigenvalue weighted by Gasteiger charge is 2.05. The molecule has 0 atom stereocenters. The third-order valence-electron chi connectivity index (χ3n) is 2.88. The van der Waals surface area contributed by atoms with Crippen molar-refractivity contribution in [3.05, 3.63) is 58.9 Å². The van der Waals surface area contributed by atoms with Crippen LogP contribution in [0.4, 0.5) is 0 Å². The molecule has 0 bridgehead atoms. The Hall–Kier alpha value is -2.40. The van der Waals surface area contributed by atoms with Crippen LogP contribution in [0.3, 0.4) is 0 Å². The van der Waals surface area contributed by atoms with Crippen molar-refractivity contribution < 1.29 is 9.53 Å². The molecule has 2 rings (SSSR count). The van der Waals surface area contributed by atoms with Crippen LogP contribution in [0, 0.1) is 6.92 Å². The number of hydrazone groups is 1. The summed E-state index contributed by atoms with van der Waals surface area (Å²) in [7, 11) is 0. The molecule has 0 unspecified atom stereocenters. The zero-order chi connectivity index (χ0) is 15.9. The van der Waals surface area contributed by atoms with Gasteiger partial charge in [-0.05, 0) is 49.7 Å². The molecule has 0 fully saturated rings. The fourth-order valence-electron chi connectivity index (χ4n) is 1.73. The average Bonchev–Trinajstić information content (AvgIpc) is 2.52. The Morgan fingerprint density at radius 3 is 2.86 bits per heavy atom. The van der Waals surface area contributed by atoms with Gasteiger partial charge in [0.2, 0.25) is 0 Å². The van der Waals surface area contributed by atoms with Crippen molar-refractivity contribution in [1.82, 2.24) is 10.4 Å². The number of ether oxygens (including phenoxy) is 1. The molecule has 0 aliphatic heterocycles. The minimum Gasteiger partial charge on any atom is -0.483 e. The highest BCUT2D eigenvalue weighted by molar-refractivity contribution is 6.30. The molecular weight excluding hydrogens is 302 g/mol. The van der Waals surface area contributed by atoms with E-state index in [1.165, 1.54) is 0 Å². The number of aryl methyl sites for hydroxylation is 1. The molecule has 1 amide bonds. The molecule has 1 aromatic heterocycles. The van der Waals surface area contributed by atoms with Gasteiger partial charge in [0, 0.05) is 11.2 Å². The predicted molar refractivity (Wildman–Crippen MR) is 86.3 cm³/mol. The number of hydrogen-bond acceptors (Lipinski definition) is 4. The van der Waals surface area contributed by atoms with E-state index in [1.54, 1.807) is 31.3 Å². The number of amides is 1. The Morgan fingerprint density at radius 2 is 2.18 bits per heavy atom. The summed E-state index contributed by atoms with van der Waals surface area (Å²) in [4.78, 5) is 15.9. The van der Waals surface area contributed by atoms with Crippen molar-refractivity contribution in [2.45, 2.75) is 13.8 Å². The maximum atomic E-state index is 11.7. The Balaban J connectivity index is 1.88. The molecule has 0 radical (unpaired) electrons. The lowest BCUT2D eigenvalue weighted by atomic mass is 10.2. The smallest absolute Gasteiger partial charge is 0.277 e. The summed E-state index contributed by atoms with van der Waals surface area (Å²) in [5.74, 6) is 0.273. The number of nitrogens with one attached hydrogen (secondary N) is 1. The predicted octanol–water partition coefficient (Wildman–Crippen LogP) is 2.96. The zero-order valence-electron chi connectivity index (χ0n) is 12.3. The molecule has 1 aromatic carbocycles. The molecule has 2 aromatic rings. The van der Waals surface area contributed by atoms with Crippen LogP contribution in [0.25, 0.3) is 0 Å². The van der Waals surface area contributed by atoms with E-state index < -0.39 is 0 Å². The normalized spacial score (nSPS) is 11.1. The number of halogens is 1. The van der Waals surface area contributed by atoms with Gasteiger partial charge in [-0.1, -0.05) is 17.7 Å². The lowest BCUT2D eigenvalue weighted by molar-refractivity contribution is -0.123. The first-order valence-electron chi connectivity index (χ1n) is 6.70. The van der Waals surface area contributed by atoms with Crippen LogP contribution < -0.4 is 10.2 Å². The molecule has 0 aliphatic rings. The summed E-state index contributed by atoms with van der Waals surface area (Å²) in [6.07, 6.45) is 1.67. The first kappa shape index (κ1) is 16.0. The lowest BCUT2D eigenvalue weighted by Gasteiger charge is -2.08. The SMILES string of the molecule is C/C(=N/NC(=O)COc1ccc(Cl)cc1C)c1ccccn1. The van der Waals surface area contributed by atoms with E-state index in [4.69, 9.17) is 16.3 Å². The fourth-order valence-corrected chi connectivity index (χ4v) is 1.96. The minimum absolute atomic E-state index is 0.124. The van der Waals surface area contributed by atoms with E-state index in [0.717, 1.165) is 5.56 Å². The van der Waals surface area contributed by atoms with E-state index in [1.807, 2.05) is 25.1 Å². The van der Waals surface area contributed by atoms with Gasteiger partial charge in [-0.15, -0.1) is 0 Å². The van der Waals surface area contributed by atoms with Gasteiger partial charge in [-0.3, -0.25) is 9.78 Å². The number of hydrogen-bond donors (Lipinski definition) is 1. The van der Waals surface area contributed by atoms with Crippen LogP contribution in [-0.4, -0.2) is 23.2 Å². The summed E-state index contributed by atoms with van der Waals surface area (Å²) in [5, 5.41) is 4.63. The van der Waals surface area contributed by atoms with Crippen molar-refractivity contribution in [1.29, 1.82) is 0 Å². The average molecular weight is 318 g/mol. The van der Waals surface area contributed by atoms with E-state index in [-0.39, 0.29) is 12.5 Å². The summed E-state index contributed by atoms with van der Waals surface area (Å²) >= 11 is 5.86. The van der Waals surface area contributed by atoms with Crippen LogP contribution in [0.1, 0.15) is 18.2 Å². The topological polar surface area (TPSA) is 63.6 Å². The van der Waals surface area contributed by atoms with Gasteiger partial charge >= 0.3 is 0 Å². The van der Waals surface area contributed by atoms with Gasteiger partial charge in [0.15, 0.2) is 6.61 Å². The molecule has 22 heavy (non-hydrogen) atoms. The second-order valence-corrected chi connectivity index (χ2v) is 5.08. The number of pyridine rings is 1. The molecule has 0 saturated heterocycles. The highest BCUT2D eigenvalue weighted by Crippen LogP contribution is 2.21. The van der Waals surface area contributed by atoms with Gasteiger partial charge < -0.3 is 4.74 Å². The van der Waals surface area contributed by atoms with E-state index in [9.17, 15) is 4.79 Å². The van der Waals surface area contributed by atoms with Crippen molar-refractivity contribution in [2.24, 2.45) is 5.10 Å². The van der Waals surface area contributed by atoms with E-state index in [0.29, 0.717) is 22.2 Å². The Labute approximate surface area is 134 Å². The Kier molecular flexibility index (Phi) is 5.49. The van der Waals surface area contributed by atoms with Crippen LogP contribution in [-0.2, 0) is 4.79 Å². The largest absolute Gasteiger partial charge is 0.483 e. The summed E-state index contributed by atoms with van der Waals surface area (Å²) in [5.41, 5.74) is 4.64. The van der Waals surface area contributed by atoms with Gasteiger partial charge in [-0.25, -0.2) is 5.43 Å². The second kappa shape index (κ2) is 7.56. The Morgan fingerprint density at radius 1 is 1.36 bits per heavy atom. The quantitative estimate of drug-likeness (QED) is 0.681. The number of benzene rings is 1. The number of carbonyl (C=O) groups excluding carboxylic acids is 1. The molecular formula is C16H16ClN3O2. The number of aromatic nitrogens is 1. The summed E-state index contributed by atoms with van der Waals surface area (Å²) in [6, 6.07) is 10.7. The molecule has 0 spiro atoms. The molecule has 5 nitrogen and oxygen atoms in total. The Bertz CT molecular complexity index is 687. The number of rotatable bonds is 5. The number of carbonyl (C=O) groups is 1. The number of nitrogens with zero attached hydrogens (tertiary/aromatic N) is 2. The van der Waals surface area contributed by atoms with Crippen molar-refractivity contribution >= 4 is 23.2 Å². The van der Waals surface area contributed by atoms with Gasteiger partial charge in [0.25, 0.3) is 5.91 Å². The molecule has 1 N–H and O–H groups in total. The van der Waals surface area contributed by atoms with Crippen LogP contribution in [0.15, 0.2) is 47.7 Å². The van der Waals surface area contributed by atoms with Crippen molar-refractivity contribution in [2.75, 3.05) is 6.61 Å². The molecule has 6 heteroatoms. The van der Waals surface area contributed by atoms with Crippen molar-refractivity contribution in [3.63, 3.8) is 0 Å². The molecule has 0 aliphatic carbocycles. The first-order valence-corrected chi connectivity index (χ1v) is 7.07. The van der Waals surface area contributed by atoms with Crippen molar-refractivity contribution in [3.8, 4) is 5.75 Å². The van der Waals surface area contributed by atoms with Crippen LogP contribution in [0.5, 0.6) is 5.75 Å². The maximum absolute atomic E-state index is 11.7.